The fourth-order valence-electron chi connectivity index (χ4n) is 2.32. The lowest BCUT2D eigenvalue weighted by atomic mass is 10.1. The van der Waals surface area contributed by atoms with Crippen LogP contribution in [0.15, 0.2) is 24.3 Å². The van der Waals surface area contributed by atoms with Crippen LogP contribution in [0.25, 0.3) is 6.08 Å². The summed E-state index contributed by atoms with van der Waals surface area (Å²) in [5.74, 6) is 0.203. The fraction of sp³-hybridized carbons (Fsp3) is 0.389. The monoisotopic (exact) mass is 346 g/mol. The van der Waals surface area contributed by atoms with Gasteiger partial charge in [0.15, 0.2) is 0 Å². The molecule has 0 spiro atoms. The van der Waals surface area contributed by atoms with Crippen molar-refractivity contribution >= 4 is 30.0 Å². The van der Waals surface area contributed by atoms with Crippen LogP contribution in [0.4, 0.5) is 10.5 Å². The van der Waals surface area contributed by atoms with Gasteiger partial charge in [0.2, 0.25) is 0 Å². The van der Waals surface area contributed by atoms with E-state index < -0.39 is 17.7 Å². The molecule has 1 N–H and O–H groups in total. The van der Waals surface area contributed by atoms with Crippen molar-refractivity contribution in [2.45, 2.75) is 32.4 Å². The first-order chi connectivity index (χ1) is 11.7. The lowest BCUT2D eigenvalue weighted by Gasteiger charge is -2.23. The first-order valence-corrected chi connectivity index (χ1v) is 7.87. The molecule has 1 atom stereocenters. The average Bonchev–Trinajstić information content (AvgIpc) is 2.63. The second-order valence-corrected chi connectivity index (χ2v) is 6.63. The zero-order valence-corrected chi connectivity index (χ0v) is 14.7. The van der Waals surface area contributed by atoms with E-state index in [-0.39, 0.29) is 12.5 Å². The molecule has 7 heteroatoms. The van der Waals surface area contributed by atoms with E-state index in [1.165, 1.54) is 11.0 Å². The van der Waals surface area contributed by atoms with Gasteiger partial charge in [0.25, 0.3) is 5.91 Å². The van der Waals surface area contributed by atoms with Crippen molar-refractivity contribution in [2.75, 3.05) is 18.6 Å². The van der Waals surface area contributed by atoms with Crippen LogP contribution in [-0.4, -0.2) is 43.6 Å². The number of nitrogens with one attached hydrogen (secondary N) is 1. The second-order valence-electron chi connectivity index (χ2n) is 6.63. The quantitative estimate of drug-likeness (QED) is 0.669. The van der Waals surface area contributed by atoms with Gasteiger partial charge in [-0.05, 0) is 44.5 Å². The molecule has 1 aliphatic rings. The highest BCUT2D eigenvalue weighted by Crippen LogP contribution is 2.32. The summed E-state index contributed by atoms with van der Waals surface area (Å²) in [5.41, 5.74) is 0.659. The van der Waals surface area contributed by atoms with E-state index in [1.54, 1.807) is 52.1 Å². The highest BCUT2D eigenvalue weighted by Gasteiger charge is 2.31. The molecular weight excluding hydrogens is 324 g/mol. The largest absolute Gasteiger partial charge is 0.489 e. The number of carbonyl (C=O) groups is 3. The summed E-state index contributed by atoms with van der Waals surface area (Å²) in [4.78, 5) is 36.4. The third-order valence-electron chi connectivity index (χ3n) is 3.44. The van der Waals surface area contributed by atoms with Crippen molar-refractivity contribution in [3.63, 3.8) is 0 Å². The van der Waals surface area contributed by atoms with E-state index in [9.17, 15) is 14.4 Å². The number of rotatable bonds is 3. The van der Waals surface area contributed by atoms with Crippen LogP contribution in [-0.2, 0) is 14.3 Å². The van der Waals surface area contributed by atoms with E-state index >= 15 is 0 Å². The Hall–Kier alpha value is -2.83. The number of alkyl carbamates (subject to hydrolysis) is 1. The zero-order valence-electron chi connectivity index (χ0n) is 14.7. The summed E-state index contributed by atoms with van der Waals surface area (Å²) in [6.07, 6.45) is 3.00. The summed E-state index contributed by atoms with van der Waals surface area (Å²) in [6, 6.07) is 4.38. The maximum absolute atomic E-state index is 12.6. The predicted molar refractivity (Wildman–Crippen MR) is 93.6 cm³/mol. The molecule has 0 fully saturated rings. The maximum Gasteiger partial charge on any atom is 0.408 e. The topological polar surface area (TPSA) is 84.9 Å². The van der Waals surface area contributed by atoms with Crippen LogP contribution >= 0.6 is 0 Å². The summed E-state index contributed by atoms with van der Waals surface area (Å²) >= 11 is 0. The highest BCUT2D eigenvalue weighted by molar-refractivity contribution is 6.00. The molecule has 7 nitrogen and oxygen atoms in total. The molecule has 1 aromatic carbocycles. The Bertz CT molecular complexity index is 706. The fourth-order valence-corrected chi connectivity index (χ4v) is 2.32. The van der Waals surface area contributed by atoms with E-state index in [1.807, 2.05) is 0 Å². The molecule has 0 bridgehead atoms. The van der Waals surface area contributed by atoms with Gasteiger partial charge in [-0.1, -0.05) is 12.1 Å². The number of hydrogen-bond donors (Lipinski definition) is 1. The molecule has 0 aliphatic carbocycles. The number of likely N-dealkylation sites (N-methyl/N-ethyl adjacent to an activating group) is 1. The van der Waals surface area contributed by atoms with Crippen molar-refractivity contribution < 1.29 is 23.9 Å². The van der Waals surface area contributed by atoms with E-state index in [4.69, 9.17) is 9.47 Å². The van der Waals surface area contributed by atoms with Gasteiger partial charge in [0, 0.05) is 7.05 Å². The van der Waals surface area contributed by atoms with Crippen LogP contribution in [0.3, 0.4) is 0 Å². The Labute approximate surface area is 146 Å². The number of ether oxygens (including phenoxy) is 2. The number of amides is 2. The third kappa shape index (κ3) is 4.82. The number of anilines is 1. The molecule has 2 amide bonds. The molecule has 0 unspecified atom stereocenters. The number of benzene rings is 1. The van der Waals surface area contributed by atoms with E-state index in [0.717, 1.165) is 5.56 Å². The molecule has 0 radical (unpaired) electrons. The summed E-state index contributed by atoms with van der Waals surface area (Å²) in [7, 11) is 1.60. The average molecular weight is 346 g/mol. The molecule has 0 aromatic heterocycles. The first-order valence-electron chi connectivity index (χ1n) is 7.87. The molecule has 1 aliphatic heterocycles. The Morgan fingerprint density at radius 1 is 1.40 bits per heavy atom. The Morgan fingerprint density at radius 3 is 2.76 bits per heavy atom. The number of fused-ring (bicyclic) bond motifs is 1. The van der Waals surface area contributed by atoms with Crippen LogP contribution < -0.4 is 15.0 Å². The van der Waals surface area contributed by atoms with Crippen LogP contribution in [0.1, 0.15) is 26.3 Å². The van der Waals surface area contributed by atoms with Crippen LogP contribution in [0.2, 0.25) is 0 Å². The molecular formula is C18H22N2O5. The Kier molecular flexibility index (Phi) is 5.46. The van der Waals surface area contributed by atoms with Gasteiger partial charge < -0.3 is 19.7 Å². The predicted octanol–water partition coefficient (Wildman–Crippen LogP) is 2.15. The van der Waals surface area contributed by atoms with Gasteiger partial charge in [-0.2, -0.15) is 0 Å². The molecule has 0 saturated carbocycles. The van der Waals surface area contributed by atoms with Crippen molar-refractivity contribution in [1.82, 2.24) is 5.32 Å². The lowest BCUT2D eigenvalue weighted by molar-refractivity contribution is -0.120. The van der Waals surface area contributed by atoms with Crippen molar-refractivity contribution in [3.8, 4) is 5.75 Å². The number of nitrogens with zero attached hydrogens (tertiary/aromatic N) is 1. The van der Waals surface area contributed by atoms with Gasteiger partial charge in [-0.15, -0.1) is 0 Å². The Morgan fingerprint density at radius 2 is 2.12 bits per heavy atom. The maximum atomic E-state index is 12.6. The van der Waals surface area contributed by atoms with Gasteiger partial charge in [-0.25, -0.2) is 4.79 Å². The van der Waals surface area contributed by atoms with Crippen molar-refractivity contribution in [3.05, 3.63) is 29.8 Å². The number of hydrogen-bond acceptors (Lipinski definition) is 5. The van der Waals surface area contributed by atoms with Crippen LogP contribution in [0.5, 0.6) is 5.75 Å². The van der Waals surface area contributed by atoms with Gasteiger partial charge >= 0.3 is 6.09 Å². The van der Waals surface area contributed by atoms with Crippen molar-refractivity contribution in [2.24, 2.45) is 0 Å². The first kappa shape index (κ1) is 18.5. The smallest absolute Gasteiger partial charge is 0.408 e. The molecule has 0 saturated heterocycles. The standard InChI is InChI=1S/C18H22N2O5/c1-18(2,3)25-17(23)19-13-11-24-15-8-7-12(6-5-9-21)10-14(15)20(4)16(13)22/h5-10,13H,11H2,1-4H3,(H,19,23)/b6-5+/t13-/m0/s1. The normalized spacial score (nSPS) is 17.5. The minimum Gasteiger partial charge on any atom is -0.489 e. The van der Waals surface area contributed by atoms with E-state index in [2.05, 4.69) is 5.32 Å². The van der Waals surface area contributed by atoms with Gasteiger partial charge in [-0.3, -0.25) is 9.59 Å². The Balaban J connectivity index is 2.19. The van der Waals surface area contributed by atoms with Crippen LogP contribution in [0, 0.1) is 0 Å². The van der Waals surface area contributed by atoms with Gasteiger partial charge in [0.1, 0.15) is 30.3 Å². The number of aldehydes is 1. The molecule has 1 heterocycles. The molecule has 1 aromatic rings. The third-order valence-corrected chi connectivity index (χ3v) is 3.44. The molecule has 2 rings (SSSR count). The number of allylic oxidation sites excluding steroid dienone is 1. The van der Waals surface area contributed by atoms with Gasteiger partial charge in [0.05, 0.1) is 5.69 Å². The minimum absolute atomic E-state index is 0.00105. The summed E-state index contributed by atoms with van der Waals surface area (Å²) in [5, 5.41) is 2.54. The minimum atomic E-state index is -0.860. The SMILES string of the molecule is CN1C(=O)[C@@H](NC(=O)OC(C)(C)C)COc2ccc(/C=C/C=O)cc21. The zero-order chi connectivity index (χ0) is 18.6. The highest BCUT2D eigenvalue weighted by atomic mass is 16.6. The molecule has 25 heavy (non-hydrogen) atoms. The summed E-state index contributed by atoms with van der Waals surface area (Å²) < 4.78 is 10.9. The summed E-state index contributed by atoms with van der Waals surface area (Å²) in [6.45, 7) is 5.23. The molecule has 134 valence electrons. The van der Waals surface area contributed by atoms with E-state index in [0.29, 0.717) is 17.7 Å². The van der Waals surface area contributed by atoms with Crippen molar-refractivity contribution in [1.29, 1.82) is 0 Å². The lowest BCUT2D eigenvalue weighted by Crippen LogP contribution is -2.50. The number of carbonyl (C=O) groups excluding carboxylic acids is 3. The second kappa shape index (κ2) is 7.38.